The van der Waals surface area contributed by atoms with Crippen molar-refractivity contribution in [2.75, 3.05) is 13.2 Å². The number of carbonyl (C=O) groups excluding carboxylic acids is 2. The van der Waals surface area contributed by atoms with E-state index in [4.69, 9.17) is 15.0 Å². The molecule has 0 aliphatic heterocycles. The van der Waals surface area contributed by atoms with Crippen LogP contribution >= 0.6 is 0 Å². The van der Waals surface area contributed by atoms with Crippen LogP contribution in [-0.4, -0.2) is 25.2 Å². The van der Waals surface area contributed by atoms with Gasteiger partial charge in [-0.1, -0.05) is 66.2 Å². The van der Waals surface area contributed by atoms with Gasteiger partial charge in [0.05, 0.1) is 29.8 Å². The van der Waals surface area contributed by atoms with Crippen molar-refractivity contribution in [3.05, 3.63) is 35.3 Å². The maximum absolute atomic E-state index is 12.6. The van der Waals surface area contributed by atoms with Crippen LogP contribution in [0.15, 0.2) is 24.2 Å². The second-order valence-corrected chi connectivity index (χ2v) is 7.28. The maximum Gasteiger partial charge on any atom is 0.338 e. The average Bonchev–Trinajstić information content (AvgIpc) is 2.78. The molecule has 1 rings (SSSR count). The topological polar surface area (TPSA) is 52.6 Å². The first-order chi connectivity index (χ1) is 15.2. The van der Waals surface area contributed by atoms with E-state index < -0.39 is 47.2 Å². The molecule has 0 fully saturated rings. The average molecular weight is 395 g/mol. The van der Waals surface area contributed by atoms with E-state index in [9.17, 15) is 9.59 Å². The number of hydrogen-bond acceptors (Lipinski definition) is 4. The summed E-state index contributed by atoms with van der Waals surface area (Å²) in [5.74, 6) is -1.44. The molecule has 2 unspecified atom stereocenters. The van der Waals surface area contributed by atoms with Gasteiger partial charge in [0, 0.05) is 0 Å². The summed E-state index contributed by atoms with van der Waals surface area (Å²) in [7, 11) is 0. The van der Waals surface area contributed by atoms with Crippen LogP contribution < -0.4 is 0 Å². The lowest BCUT2D eigenvalue weighted by atomic mass is 10.0. The number of unbranched alkanes of at least 4 members (excludes halogenated alkanes) is 2. The summed E-state index contributed by atoms with van der Waals surface area (Å²) in [5, 5.41) is 0. The lowest BCUT2D eigenvalue weighted by Crippen LogP contribution is -2.15. The molecular formula is C24H38O4. The SMILES string of the molecule is [2H]c1c([2H])c(C(=O)OCC(CC)CCCC)c([2H])c([2H])c1C(=O)OCC(CC)CCCC. The van der Waals surface area contributed by atoms with E-state index in [-0.39, 0.29) is 25.0 Å². The first kappa shape index (κ1) is 18.2. The third-order valence-corrected chi connectivity index (χ3v) is 5.02. The van der Waals surface area contributed by atoms with Gasteiger partial charge in [-0.2, -0.15) is 0 Å². The zero-order chi connectivity index (χ0) is 24.3. The molecule has 0 N–H and O–H groups in total. The molecular weight excluding hydrogens is 352 g/mol. The van der Waals surface area contributed by atoms with Crippen LogP contribution in [0.3, 0.4) is 0 Å². The van der Waals surface area contributed by atoms with Gasteiger partial charge >= 0.3 is 11.9 Å². The Morgan fingerprint density at radius 3 is 1.43 bits per heavy atom. The van der Waals surface area contributed by atoms with Crippen molar-refractivity contribution in [1.29, 1.82) is 0 Å². The Kier molecular flexibility index (Phi) is 9.23. The molecule has 28 heavy (non-hydrogen) atoms. The van der Waals surface area contributed by atoms with Crippen LogP contribution in [0.25, 0.3) is 0 Å². The van der Waals surface area contributed by atoms with E-state index in [1.807, 2.05) is 13.8 Å². The van der Waals surface area contributed by atoms with Crippen molar-refractivity contribution in [2.45, 2.75) is 79.1 Å². The van der Waals surface area contributed by atoms with E-state index in [0.717, 1.165) is 51.4 Å². The van der Waals surface area contributed by atoms with E-state index in [1.165, 1.54) is 0 Å². The van der Waals surface area contributed by atoms with Crippen molar-refractivity contribution < 1.29 is 24.5 Å². The molecule has 0 heterocycles. The first-order valence-corrected chi connectivity index (χ1v) is 10.7. The predicted octanol–water partition coefficient (Wildman–Crippen LogP) is 6.43. The molecule has 0 aromatic heterocycles. The molecule has 0 bridgehead atoms. The Balaban J connectivity index is 3.02. The van der Waals surface area contributed by atoms with Gasteiger partial charge in [-0.3, -0.25) is 0 Å². The van der Waals surface area contributed by atoms with Gasteiger partial charge in [0.25, 0.3) is 0 Å². The maximum atomic E-state index is 12.6. The Morgan fingerprint density at radius 1 is 0.786 bits per heavy atom. The van der Waals surface area contributed by atoms with Crippen molar-refractivity contribution >= 4 is 11.9 Å². The number of rotatable bonds is 14. The minimum Gasteiger partial charge on any atom is -0.462 e. The predicted molar refractivity (Wildman–Crippen MR) is 114 cm³/mol. The molecule has 158 valence electrons. The summed E-state index contributed by atoms with van der Waals surface area (Å²) < 4.78 is 43.4. The number of carbonyl (C=O) groups is 2. The van der Waals surface area contributed by atoms with Gasteiger partial charge in [-0.15, -0.1) is 0 Å². The largest absolute Gasteiger partial charge is 0.462 e. The van der Waals surface area contributed by atoms with Gasteiger partial charge in [0.2, 0.25) is 0 Å². The quantitative estimate of drug-likeness (QED) is 0.341. The highest BCUT2D eigenvalue weighted by Gasteiger charge is 2.15. The van der Waals surface area contributed by atoms with E-state index in [2.05, 4.69) is 13.8 Å². The molecule has 0 radical (unpaired) electrons. The molecule has 0 aliphatic carbocycles. The van der Waals surface area contributed by atoms with Gasteiger partial charge in [0.1, 0.15) is 0 Å². The van der Waals surface area contributed by atoms with E-state index >= 15 is 0 Å². The summed E-state index contributed by atoms with van der Waals surface area (Å²) in [6.07, 6.45) is 7.62. The fourth-order valence-corrected chi connectivity index (χ4v) is 2.84. The standard InChI is InChI=1S/C24H38O4/c1-5-9-11-19(7-3)17-27-23(25)21-13-15-22(16-14-21)24(26)28-18-20(8-4)12-10-6-2/h13-16,19-20H,5-12,17-18H2,1-4H3/i13D,14D,15D,16D. The van der Waals surface area contributed by atoms with Crippen LogP contribution in [0.1, 0.15) is 105 Å². The molecule has 4 nitrogen and oxygen atoms in total. The lowest BCUT2D eigenvalue weighted by Gasteiger charge is -2.15. The van der Waals surface area contributed by atoms with Gasteiger partial charge in [0.15, 0.2) is 0 Å². The monoisotopic (exact) mass is 394 g/mol. The number of esters is 2. The molecule has 1 aromatic rings. The third kappa shape index (κ3) is 8.90. The molecule has 4 heteroatoms. The lowest BCUT2D eigenvalue weighted by molar-refractivity contribution is 0.0414. The highest BCUT2D eigenvalue weighted by molar-refractivity contribution is 5.93. The van der Waals surface area contributed by atoms with Crippen LogP contribution in [0.4, 0.5) is 0 Å². The number of hydrogen-bond donors (Lipinski definition) is 0. The number of benzene rings is 1. The minimum absolute atomic E-state index is 0.162. The zero-order valence-electron chi connectivity index (χ0n) is 21.9. The Hall–Kier alpha value is -1.84. The van der Waals surface area contributed by atoms with Crippen molar-refractivity contribution in [3.8, 4) is 0 Å². The highest BCUT2D eigenvalue weighted by atomic mass is 16.5. The molecule has 0 saturated heterocycles. The summed E-state index contributed by atoms with van der Waals surface area (Å²) in [6, 6.07) is -2.32. The highest BCUT2D eigenvalue weighted by Crippen LogP contribution is 2.16. The fourth-order valence-electron chi connectivity index (χ4n) is 2.84. The minimum atomic E-state index is -0.900. The Bertz CT molecular complexity index is 675. The second kappa shape index (κ2) is 14.2. The van der Waals surface area contributed by atoms with Gasteiger partial charge in [-0.05, 0) is 48.8 Å². The van der Waals surface area contributed by atoms with Gasteiger partial charge < -0.3 is 9.47 Å². The summed E-state index contributed by atoms with van der Waals surface area (Å²) >= 11 is 0. The molecule has 1 aromatic carbocycles. The second-order valence-electron chi connectivity index (χ2n) is 7.28. The van der Waals surface area contributed by atoms with E-state index in [1.54, 1.807) is 0 Å². The van der Waals surface area contributed by atoms with E-state index in [0.29, 0.717) is 0 Å². The van der Waals surface area contributed by atoms with Crippen LogP contribution in [-0.2, 0) is 9.47 Å². The van der Waals surface area contributed by atoms with Crippen molar-refractivity contribution in [3.63, 3.8) is 0 Å². The summed E-state index contributed by atoms with van der Waals surface area (Å²) in [5.41, 5.74) is -0.896. The first-order valence-electron chi connectivity index (χ1n) is 12.7. The number of ether oxygens (including phenoxy) is 2. The Labute approximate surface area is 176 Å². The van der Waals surface area contributed by atoms with Crippen LogP contribution in [0.2, 0.25) is 0 Å². The Morgan fingerprint density at radius 2 is 1.14 bits per heavy atom. The van der Waals surface area contributed by atoms with Gasteiger partial charge in [-0.25, -0.2) is 9.59 Å². The molecule has 0 spiro atoms. The summed E-state index contributed by atoms with van der Waals surface area (Å²) in [6.45, 7) is 8.52. The molecule has 2 atom stereocenters. The normalized spacial score (nSPS) is 15.0. The third-order valence-electron chi connectivity index (χ3n) is 5.02. The molecule has 0 aliphatic rings. The van der Waals surface area contributed by atoms with Crippen LogP contribution in [0.5, 0.6) is 0 Å². The molecule has 0 amide bonds. The smallest absolute Gasteiger partial charge is 0.338 e. The summed E-state index contributed by atoms with van der Waals surface area (Å²) in [4.78, 5) is 25.2. The van der Waals surface area contributed by atoms with Crippen molar-refractivity contribution in [2.24, 2.45) is 11.8 Å². The van der Waals surface area contributed by atoms with Crippen LogP contribution in [0, 0.1) is 11.8 Å². The fraction of sp³-hybridized carbons (Fsp3) is 0.667. The zero-order valence-corrected chi connectivity index (χ0v) is 17.9. The molecule has 0 saturated carbocycles. The van der Waals surface area contributed by atoms with Crippen molar-refractivity contribution in [1.82, 2.24) is 0 Å².